The fourth-order valence-corrected chi connectivity index (χ4v) is 3.05. The topological polar surface area (TPSA) is 63.2 Å². The Kier molecular flexibility index (Phi) is 3.94. The van der Waals surface area contributed by atoms with Gasteiger partial charge in [-0.05, 0) is 31.4 Å². The molecule has 1 aromatic heterocycles. The zero-order valence-electron chi connectivity index (χ0n) is 13.5. The molecule has 2 atom stereocenters. The second-order valence-electron chi connectivity index (χ2n) is 6.03. The number of imide groups is 1. The van der Waals surface area contributed by atoms with E-state index in [1.165, 1.54) is 0 Å². The van der Waals surface area contributed by atoms with Crippen LogP contribution in [0.15, 0.2) is 36.4 Å². The molecule has 1 saturated heterocycles. The molecule has 0 bridgehead atoms. The molecule has 3 rings (SSSR count). The molecule has 1 aromatic carbocycles. The van der Waals surface area contributed by atoms with Crippen LogP contribution in [0.4, 0.5) is 5.95 Å². The first-order chi connectivity index (χ1) is 11.0. The van der Waals surface area contributed by atoms with Crippen LogP contribution in [0, 0.1) is 19.8 Å². The summed E-state index contributed by atoms with van der Waals surface area (Å²) in [6.07, 6.45) is 0.200. The molecule has 2 aromatic rings. The van der Waals surface area contributed by atoms with Gasteiger partial charge in [0.25, 0.3) is 0 Å². The van der Waals surface area contributed by atoms with Crippen molar-refractivity contribution in [2.24, 2.45) is 5.92 Å². The Labute approximate surface area is 135 Å². The van der Waals surface area contributed by atoms with E-state index in [-0.39, 0.29) is 36.0 Å². The van der Waals surface area contributed by atoms with Gasteiger partial charge in [0.1, 0.15) is 0 Å². The van der Waals surface area contributed by atoms with Crippen LogP contribution in [0.3, 0.4) is 0 Å². The second kappa shape index (κ2) is 5.91. The van der Waals surface area contributed by atoms with Crippen LogP contribution in [0.25, 0.3) is 0 Å². The number of nitrogens with zero attached hydrogens (tertiary/aromatic N) is 3. The lowest BCUT2D eigenvalue weighted by Crippen LogP contribution is -2.33. The standard InChI is InChI=1S/C18H19N3O2/c1-11-9-12(2)20-18(19-11)21-16(22)10-15(17(21)23)13(3)14-7-5-4-6-8-14/h4-9,13,15H,10H2,1-3H3/t13-,15+/m1/s1. The maximum absolute atomic E-state index is 12.8. The number of hydrogen-bond acceptors (Lipinski definition) is 4. The molecule has 1 aliphatic heterocycles. The molecule has 118 valence electrons. The van der Waals surface area contributed by atoms with Crippen molar-refractivity contribution in [2.75, 3.05) is 4.90 Å². The predicted molar refractivity (Wildman–Crippen MR) is 87.0 cm³/mol. The highest BCUT2D eigenvalue weighted by atomic mass is 16.2. The maximum atomic E-state index is 12.8. The zero-order valence-corrected chi connectivity index (χ0v) is 13.5. The Morgan fingerprint density at radius 2 is 1.70 bits per heavy atom. The van der Waals surface area contributed by atoms with Gasteiger partial charge in [0.2, 0.25) is 17.8 Å². The van der Waals surface area contributed by atoms with Gasteiger partial charge >= 0.3 is 0 Å². The molecule has 1 aliphatic rings. The van der Waals surface area contributed by atoms with Gasteiger partial charge in [-0.3, -0.25) is 9.59 Å². The van der Waals surface area contributed by atoms with Crippen LogP contribution in [0.1, 0.15) is 36.2 Å². The van der Waals surface area contributed by atoms with Gasteiger partial charge in [0, 0.05) is 17.8 Å². The van der Waals surface area contributed by atoms with Gasteiger partial charge in [0.15, 0.2) is 0 Å². The molecule has 0 saturated carbocycles. The third-order valence-electron chi connectivity index (χ3n) is 4.28. The fraction of sp³-hybridized carbons (Fsp3) is 0.333. The number of aryl methyl sites for hydroxylation is 2. The number of hydrogen-bond donors (Lipinski definition) is 0. The Bertz CT molecular complexity index is 738. The normalized spacial score (nSPS) is 19.3. The largest absolute Gasteiger partial charge is 0.274 e. The van der Waals surface area contributed by atoms with Gasteiger partial charge < -0.3 is 0 Å². The van der Waals surface area contributed by atoms with Crippen LogP contribution in [0.2, 0.25) is 0 Å². The minimum absolute atomic E-state index is 0.0245. The van der Waals surface area contributed by atoms with Crippen molar-refractivity contribution in [3.8, 4) is 0 Å². The number of aromatic nitrogens is 2. The highest BCUT2D eigenvalue weighted by Gasteiger charge is 2.43. The summed E-state index contributed by atoms with van der Waals surface area (Å²) in [6.45, 7) is 5.64. The first kappa shape index (κ1) is 15.3. The van der Waals surface area contributed by atoms with E-state index in [1.54, 1.807) is 0 Å². The van der Waals surface area contributed by atoms with E-state index in [0.29, 0.717) is 0 Å². The van der Waals surface area contributed by atoms with E-state index >= 15 is 0 Å². The third kappa shape index (κ3) is 2.86. The van der Waals surface area contributed by atoms with Crippen molar-refractivity contribution in [3.05, 3.63) is 53.3 Å². The molecule has 2 amide bonds. The molecule has 0 aliphatic carbocycles. The summed E-state index contributed by atoms with van der Waals surface area (Å²) in [5.74, 6) is -0.637. The first-order valence-corrected chi connectivity index (χ1v) is 7.71. The van der Waals surface area contributed by atoms with Crippen molar-refractivity contribution >= 4 is 17.8 Å². The Morgan fingerprint density at radius 1 is 1.09 bits per heavy atom. The average Bonchev–Trinajstić information content (AvgIpc) is 2.81. The van der Waals surface area contributed by atoms with E-state index in [4.69, 9.17) is 0 Å². The van der Waals surface area contributed by atoms with Crippen molar-refractivity contribution in [1.82, 2.24) is 9.97 Å². The van der Waals surface area contributed by atoms with Crippen molar-refractivity contribution in [3.63, 3.8) is 0 Å². The summed E-state index contributed by atoms with van der Waals surface area (Å²) in [5, 5.41) is 0. The number of anilines is 1. The Hall–Kier alpha value is -2.56. The number of benzene rings is 1. The predicted octanol–water partition coefficient (Wildman–Crippen LogP) is 2.78. The van der Waals surface area contributed by atoms with E-state index in [0.717, 1.165) is 21.9 Å². The summed E-state index contributed by atoms with van der Waals surface area (Å²) in [6, 6.07) is 11.6. The van der Waals surface area contributed by atoms with Gasteiger partial charge in [-0.15, -0.1) is 0 Å². The third-order valence-corrected chi connectivity index (χ3v) is 4.28. The first-order valence-electron chi connectivity index (χ1n) is 7.71. The second-order valence-corrected chi connectivity index (χ2v) is 6.03. The molecule has 0 spiro atoms. The number of amides is 2. The van der Waals surface area contributed by atoms with Gasteiger partial charge in [0.05, 0.1) is 5.92 Å². The minimum Gasteiger partial charge on any atom is -0.274 e. The van der Waals surface area contributed by atoms with Crippen LogP contribution in [-0.2, 0) is 9.59 Å². The molecule has 1 fully saturated rings. The Morgan fingerprint density at radius 3 is 2.30 bits per heavy atom. The van der Waals surface area contributed by atoms with E-state index < -0.39 is 0 Å². The van der Waals surface area contributed by atoms with Crippen molar-refractivity contribution in [2.45, 2.75) is 33.1 Å². The van der Waals surface area contributed by atoms with Gasteiger partial charge in [-0.2, -0.15) is 0 Å². The summed E-state index contributed by atoms with van der Waals surface area (Å²) < 4.78 is 0. The van der Waals surface area contributed by atoms with Crippen LogP contribution >= 0.6 is 0 Å². The number of carbonyl (C=O) groups excluding carboxylic acids is 2. The van der Waals surface area contributed by atoms with Gasteiger partial charge in [-0.25, -0.2) is 14.9 Å². The van der Waals surface area contributed by atoms with Crippen molar-refractivity contribution < 1.29 is 9.59 Å². The SMILES string of the molecule is Cc1cc(C)nc(N2C(=O)C[C@@H]([C@H](C)c3ccccc3)C2=O)n1. The van der Waals surface area contributed by atoms with E-state index in [1.807, 2.05) is 57.2 Å². The molecule has 5 nitrogen and oxygen atoms in total. The average molecular weight is 309 g/mol. The van der Waals surface area contributed by atoms with Gasteiger partial charge in [-0.1, -0.05) is 37.3 Å². The van der Waals surface area contributed by atoms with Crippen LogP contribution in [-0.4, -0.2) is 21.8 Å². The lowest BCUT2D eigenvalue weighted by atomic mass is 9.86. The molecule has 23 heavy (non-hydrogen) atoms. The molecule has 5 heteroatoms. The molecular formula is C18H19N3O2. The molecule has 0 unspecified atom stereocenters. The monoisotopic (exact) mass is 309 g/mol. The zero-order chi connectivity index (χ0) is 16.6. The smallest absolute Gasteiger partial charge is 0.240 e. The quantitative estimate of drug-likeness (QED) is 0.818. The summed E-state index contributed by atoms with van der Waals surface area (Å²) in [4.78, 5) is 34.8. The van der Waals surface area contributed by atoms with E-state index in [2.05, 4.69) is 9.97 Å². The highest BCUT2D eigenvalue weighted by molar-refractivity contribution is 6.20. The summed E-state index contributed by atoms with van der Waals surface area (Å²) in [7, 11) is 0. The fourth-order valence-electron chi connectivity index (χ4n) is 3.05. The summed E-state index contributed by atoms with van der Waals surface area (Å²) in [5.41, 5.74) is 2.54. The highest BCUT2D eigenvalue weighted by Crippen LogP contribution is 2.34. The van der Waals surface area contributed by atoms with E-state index in [9.17, 15) is 9.59 Å². The molecule has 0 N–H and O–H groups in total. The lowest BCUT2D eigenvalue weighted by Gasteiger charge is -2.18. The molecular weight excluding hydrogens is 290 g/mol. The molecule has 2 heterocycles. The van der Waals surface area contributed by atoms with Crippen LogP contribution < -0.4 is 4.90 Å². The molecule has 0 radical (unpaired) electrons. The lowest BCUT2D eigenvalue weighted by molar-refractivity contribution is -0.122. The maximum Gasteiger partial charge on any atom is 0.240 e. The number of carbonyl (C=O) groups is 2. The minimum atomic E-state index is -0.366. The van der Waals surface area contributed by atoms with Crippen molar-refractivity contribution in [1.29, 1.82) is 0 Å². The Balaban J connectivity index is 1.91. The summed E-state index contributed by atoms with van der Waals surface area (Å²) >= 11 is 0. The van der Waals surface area contributed by atoms with Crippen LogP contribution in [0.5, 0.6) is 0 Å². The number of rotatable bonds is 3.